The Labute approximate surface area is 301 Å². The maximum Gasteiger partial charge on any atom is 0.323 e. The standard InChI is InChI=1S/C38H53N9O4/c1-5-17-44(18-6-2)33-15-19-45(20-16-33)35(48)30-9-13-32(14-10-30)40-38(49)39-31-11-7-29(8-12-31)34-41-36(46-21-23-50-25-27(46)3)43-37(42-34)47-22-24-51-26-28(47)4/h7-14,27-28,33H,5-6,15-26H2,1-4H3,(H2,39,40,49)/t27-,28-/m0/s1. The van der Waals surface area contributed by atoms with Crippen LogP contribution in [0.25, 0.3) is 11.4 Å². The van der Waals surface area contributed by atoms with E-state index in [1.807, 2.05) is 29.2 Å². The predicted molar refractivity (Wildman–Crippen MR) is 201 cm³/mol. The van der Waals surface area contributed by atoms with Gasteiger partial charge in [-0.3, -0.25) is 4.79 Å². The van der Waals surface area contributed by atoms with Crippen LogP contribution >= 0.6 is 0 Å². The Hall–Kier alpha value is -4.33. The summed E-state index contributed by atoms with van der Waals surface area (Å²) in [4.78, 5) is 49.7. The summed E-state index contributed by atoms with van der Waals surface area (Å²) >= 11 is 0. The molecule has 2 N–H and O–H groups in total. The number of aromatic nitrogens is 3. The normalized spacial score (nSPS) is 20.1. The molecule has 3 aromatic rings. The van der Waals surface area contributed by atoms with E-state index in [0.29, 0.717) is 80.2 Å². The van der Waals surface area contributed by atoms with Crippen LogP contribution in [0.15, 0.2) is 48.5 Å². The number of piperidine rings is 1. The fraction of sp³-hybridized carbons (Fsp3) is 0.553. The third-order valence-corrected chi connectivity index (χ3v) is 9.94. The van der Waals surface area contributed by atoms with Crippen molar-refractivity contribution >= 4 is 35.2 Å². The Kier molecular flexibility index (Phi) is 12.3. The molecule has 3 fully saturated rings. The van der Waals surface area contributed by atoms with Gasteiger partial charge in [-0.2, -0.15) is 15.0 Å². The molecular formula is C38H53N9O4. The van der Waals surface area contributed by atoms with Gasteiger partial charge in [-0.1, -0.05) is 13.8 Å². The molecule has 2 atom stereocenters. The number of morpholine rings is 2. The maximum atomic E-state index is 13.2. The molecule has 13 nitrogen and oxygen atoms in total. The van der Waals surface area contributed by atoms with Crippen molar-refractivity contribution in [3.63, 3.8) is 0 Å². The number of urea groups is 1. The Morgan fingerprint density at radius 3 is 1.75 bits per heavy atom. The molecule has 3 amide bonds. The van der Waals surface area contributed by atoms with E-state index in [1.165, 1.54) is 0 Å². The highest BCUT2D eigenvalue weighted by atomic mass is 16.5. The molecule has 0 unspecified atom stereocenters. The second-order valence-corrected chi connectivity index (χ2v) is 13.8. The van der Waals surface area contributed by atoms with Crippen LogP contribution in [0.3, 0.4) is 0 Å². The topological polar surface area (TPSA) is 128 Å². The fourth-order valence-electron chi connectivity index (χ4n) is 7.15. The molecule has 2 aromatic carbocycles. The van der Waals surface area contributed by atoms with Crippen LogP contribution in [0.2, 0.25) is 0 Å². The first-order valence-corrected chi connectivity index (χ1v) is 18.6. The molecule has 0 radical (unpaired) electrons. The van der Waals surface area contributed by atoms with Crippen molar-refractivity contribution in [3.05, 3.63) is 54.1 Å². The molecule has 3 saturated heterocycles. The van der Waals surface area contributed by atoms with E-state index in [1.54, 1.807) is 24.3 Å². The first kappa shape index (κ1) is 36.5. The fourth-order valence-corrected chi connectivity index (χ4v) is 7.15. The molecule has 1 aromatic heterocycles. The number of ether oxygens (including phenoxy) is 2. The number of likely N-dealkylation sites (tertiary alicyclic amines) is 1. The van der Waals surface area contributed by atoms with Crippen LogP contribution in [-0.4, -0.2) is 121 Å². The minimum atomic E-state index is -0.375. The van der Waals surface area contributed by atoms with Crippen LogP contribution < -0.4 is 20.4 Å². The molecule has 51 heavy (non-hydrogen) atoms. The van der Waals surface area contributed by atoms with E-state index in [0.717, 1.165) is 57.4 Å². The third-order valence-electron chi connectivity index (χ3n) is 9.94. The van der Waals surface area contributed by atoms with Gasteiger partial charge in [-0.25, -0.2) is 4.79 Å². The second-order valence-electron chi connectivity index (χ2n) is 13.8. The van der Waals surface area contributed by atoms with Gasteiger partial charge in [0, 0.05) is 54.7 Å². The lowest BCUT2D eigenvalue weighted by molar-refractivity contribution is 0.0618. The zero-order chi connectivity index (χ0) is 35.7. The van der Waals surface area contributed by atoms with Crippen molar-refractivity contribution in [1.82, 2.24) is 24.8 Å². The summed E-state index contributed by atoms with van der Waals surface area (Å²) in [5, 5.41) is 5.78. The van der Waals surface area contributed by atoms with Crippen LogP contribution in [0, 0.1) is 0 Å². The van der Waals surface area contributed by atoms with Crippen molar-refractivity contribution in [2.24, 2.45) is 0 Å². The van der Waals surface area contributed by atoms with E-state index in [2.05, 4.69) is 53.0 Å². The molecule has 4 heterocycles. The number of amides is 3. The first-order valence-electron chi connectivity index (χ1n) is 18.6. The average Bonchev–Trinajstić information content (AvgIpc) is 3.15. The number of anilines is 4. The summed E-state index contributed by atoms with van der Waals surface area (Å²) in [5.41, 5.74) is 2.68. The molecule has 274 valence electrons. The third kappa shape index (κ3) is 9.13. The van der Waals surface area contributed by atoms with Gasteiger partial charge in [0.25, 0.3) is 5.91 Å². The zero-order valence-corrected chi connectivity index (χ0v) is 30.5. The van der Waals surface area contributed by atoms with Gasteiger partial charge < -0.3 is 39.7 Å². The highest BCUT2D eigenvalue weighted by Gasteiger charge is 2.28. The Balaban J connectivity index is 1.06. The molecule has 3 aliphatic rings. The summed E-state index contributed by atoms with van der Waals surface area (Å²) in [6.45, 7) is 16.3. The van der Waals surface area contributed by atoms with Gasteiger partial charge >= 0.3 is 6.03 Å². The lowest BCUT2D eigenvalue weighted by Crippen LogP contribution is -2.47. The lowest BCUT2D eigenvalue weighted by Gasteiger charge is -2.38. The van der Waals surface area contributed by atoms with Crippen molar-refractivity contribution in [2.75, 3.05) is 86.1 Å². The van der Waals surface area contributed by atoms with Crippen LogP contribution in [-0.2, 0) is 9.47 Å². The van der Waals surface area contributed by atoms with Crippen molar-refractivity contribution in [2.45, 2.75) is 71.5 Å². The number of benzene rings is 2. The van der Waals surface area contributed by atoms with Gasteiger partial charge in [-0.05, 0) is 101 Å². The summed E-state index contributed by atoms with van der Waals surface area (Å²) in [5.74, 6) is 1.87. The second kappa shape index (κ2) is 17.3. The smallest absolute Gasteiger partial charge is 0.323 e. The molecule has 0 bridgehead atoms. The largest absolute Gasteiger partial charge is 0.377 e. The van der Waals surface area contributed by atoms with E-state index in [9.17, 15) is 9.59 Å². The van der Waals surface area contributed by atoms with Crippen molar-refractivity contribution < 1.29 is 19.1 Å². The van der Waals surface area contributed by atoms with Crippen LogP contribution in [0.4, 0.5) is 28.1 Å². The molecule has 13 heteroatoms. The lowest BCUT2D eigenvalue weighted by atomic mass is 10.0. The SMILES string of the molecule is CCCN(CCC)C1CCN(C(=O)c2ccc(NC(=O)Nc3ccc(-c4nc(N5CCOC[C@@H]5C)nc(N5CCOC[C@@H]5C)n4)cc3)cc2)CC1. The Morgan fingerprint density at radius 2 is 1.25 bits per heavy atom. The van der Waals surface area contributed by atoms with Crippen LogP contribution in [0.1, 0.15) is 63.7 Å². The van der Waals surface area contributed by atoms with E-state index in [-0.39, 0.29) is 24.0 Å². The summed E-state index contributed by atoms with van der Waals surface area (Å²) in [6.07, 6.45) is 4.31. The van der Waals surface area contributed by atoms with E-state index < -0.39 is 0 Å². The van der Waals surface area contributed by atoms with Gasteiger partial charge in [0.2, 0.25) is 11.9 Å². The Bertz CT molecular complexity index is 1550. The zero-order valence-electron chi connectivity index (χ0n) is 30.5. The summed E-state index contributed by atoms with van der Waals surface area (Å²) < 4.78 is 11.3. The molecule has 0 spiro atoms. The minimum Gasteiger partial charge on any atom is -0.377 e. The Morgan fingerprint density at radius 1 is 0.745 bits per heavy atom. The minimum absolute atomic E-state index is 0.0402. The average molecular weight is 700 g/mol. The number of hydrogen-bond donors (Lipinski definition) is 2. The van der Waals surface area contributed by atoms with E-state index >= 15 is 0 Å². The number of rotatable bonds is 11. The highest BCUT2D eigenvalue weighted by Crippen LogP contribution is 2.27. The van der Waals surface area contributed by atoms with Crippen molar-refractivity contribution in [1.29, 1.82) is 0 Å². The summed E-state index contributed by atoms with van der Waals surface area (Å²) in [7, 11) is 0. The highest BCUT2D eigenvalue weighted by molar-refractivity contribution is 6.00. The quantitative estimate of drug-likeness (QED) is 0.270. The number of nitrogens with one attached hydrogen (secondary N) is 2. The van der Waals surface area contributed by atoms with Gasteiger partial charge in [0.05, 0.1) is 38.5 Å². The summed E-state index contributed by atoms with van der Waals surface area (Å²) in [6, 6.07) is 15.0. The number of hydrogen-bond acceptors (Lipinski definition) is 10. The van der Waals surface area contributed by atoms with E-state index in [4.69, 9.17) is 24.4 Å². The number of nitrogens with zero attached hydrogens (tertiary/aromatic N) is 7. The van der Waals surface area contributed by atoms with Crippen molar-refractivity contribution in [3.8, 4) is 11.4 Å². The van der Waals surface area contributed by atoms with Crippen LogP contribution in [0.5, 0.6) is 0 Å². The molecular weight excluding hydrogens is 646 g/mol. The molecule has 0 aliphatic carbocycles. The molecule has 3 aliphatic heterocycles. The number of carbonyl (C=O) groups excluding carboxylic acids is 2. The predicted octanol–water partition coefficient (Wildman–Crippen LogP) is 5.36. The van der Waals surface area contributed by atoms with Gasteiger partial charge in [0.1, 0.15) is 0 Å². The number of carbonyl (C=O) groups is 2. The monoisotopic (exact) mass is 699 g/mol. The first-order chi connectivity index (χ1) is 24.8. The maximum absolute atomic E-state index is 13.2. The molecule has 0 saturated carbocycles. The van der Waals surface area contributed by atoms with Gasteiger partial charge in [0.15, 0.2) is 5.82 Å². The van der Waals surface area contributed by atoms with Gasteiger partial charge in [-0.15, -0.1) is 0 Å². The molecule has 6 rings (SSSR count).